The number of carbonyl (C=O) groups is 1. The average molecular weight is 484 g/mol. The van der Waals surface area contributed by atoms with Gasteiger partial charge in [-0.05, 0) is 18.4 Å². The van der Waals surface area contributed by atoms with E-state index in [-0.39, 0.29) is 42.2 Å². The van der Waals surface area contributed by atoms with Crippen molar-refractivity contribution in [2.75, 3.05) is 22.9 Å². The summed E-state index contributed by atoms with van der Waals surface area (Å²) in [4.78, 5) is 42.3. The molecule has 3 rings (SSSR count). The number of nitrogens with zero attached hydrogens (tertiary/aromatic N) is 5. The van der Waals surface area contributed by atoms with E-state index in [4.69, 9.17) is 5.73 Å². The molecule has 3 aromatic rings. The van der Waals surface area contributed by atoms with Crippen molar-refractivity contribution in [3.05, 3.63) is 75.2 Å². The van der Waals surface area contributed by atoms with Gasteiger partial charge in [0.15, 0.2) is 10.8 Å². The molecule has 2 aromatic heterocycles. The number of nitrogen functional groups attached to an aromatic ring is 1. The third kappa shape index (κ3) is 5.66. The Morgan fingerprint density at radius 3 is 2.59 bits per heavy atom. The molecule has 180 valence electrons. The standard InChI is InChI=1S/C23H29N7O3S/c1-5-11-28-16(4)26-27-23(28)34-14-18(31)29(12-15(2)3)19-20(24)30(22(33)25-21(19)32)13-17-9-7-6-8-10-17/h5-10,15H,1,11-14,24H2,2-4H3,(H,25,32,33). The van der Waals surface area contributed by atoms with Crippen molar-refractivity contribution in [2.24, 2.45) is 5.92 Å². The van der Waals surface area contributed by atoms with Crippen LogP contribution >= 0.6 is 11.8 Å². The third-order valence-electron chi connectivity index (χ3n) is 5.05. The van der Waals surface area contributed by atoms with E-state index in [1.54, 1.807) is 6.08 Å². The van der Waals surface area contributed by atoms with Crippen LogP contribution < -0.4 is 21.9 Å². The Balaban J connectivity index is 1.95. The molecule has 1 amide bonds. The van der Waals surface area contributed by atoms with E-state index < -0.39 is 11.2 Å². The Hall–Kier alpha value is -3.60. The summed E-state index contributed by atoms with van der Waals surface area (Å²) in [7, 11) is 0. The second-order valence-corrected chi connectivity index (χ2v) is 9.12. The molecule has 3 N–H and O–H groups in total. The highest BCUT2D eigenvalue weighted by molar-refractivity contribution is 7.99. The van der Waals surface area contributed by atoms with Crippen LogP contribution in [0.4, 0.5) is 11.5 Å². The maximum Gasteiger partial charge on any atom is 0.330 e. The van der Waals surface area contributed by atoms with E-state index in [0.29, 0.717) is 17.5 Å². The third-order valence-corrected chi connectivity index (χ3v) is 6.01. The van der Waals surface area contributed by atoms with Gasteiger partial charge >= 0.3 is 5.69 Å². The van der Waals surface area contributed by atoms with E-state index in [1.807, 2.05) is 55.7 Å². The summed E-state index contributed by atoms with van der Waals surface area (Å²) < 4.78 is 3.11. The van der Waals surface area contributed by atoms with Gasteiger partial charge in [-0.2, -0.15) is 0 Å². The van der Waals surface area contributed by atoms with Crippen LogP contribution in [0.25, 0.3) is 0 Å². The summed E-state index contributed by atoms with van der Waals surface area (Å²) in [5.41, 5.74) is 5.81. The number of rotatable bonds is 10. The lowest BCUT2D eigenvalue weighted by Gasteiger charge is -2.26. The molecule has 10 nitrogen and oxygen atoms in total. The number of H-pyrrole nitrogens is 1. The maximum absolute atomic E-state index is 13.3. The minimum Gasteiger partial charge on any atom is -0.383 e. The number of nitrogens with two attached hydrogens (primary N) is 1. The lowest BCUT2D eigenvalue weighted by atomic mass is 10.2. The zero-order valence-corrected chi connectivity index (χ0v) is 20.3. The number of hydrogen-bond donors (Lipinski definition) is 2. The fourth-order valence-electron chi connectivity index (χ4n) is 3.46. The lowest BCUT2D eigenvalue weighted by molar-refractivity contribution is -0.116. The molecule has 0 bridgehead atoms. The van der Waals surface area contributed by atoms with Gasteiger partial charge in [-0.15, -0.1) is 16.8 Å². The second kappa shape index (κ2) is 11.0. The summed E-state index contributed by atoms with van der Waals surface area (Å²) >= 11 is 1.22. The van der Waals surface area contributed by atoms with Crippen molar-refractivity contribution in [2.45, 2.75) is 39.0 Å². The molecule has 0 radical (unpaired) electrons. The van der Waals surface area contributed by atoms with Gasteiger partial charge in [0.05, 0.1) is 12.3 Å². The highest BCUT2D eigenvalue weighted by Gasteiger charge is 2.26. The summed E-state index contributed by atoms with van der Waals surface area (Å²) in [5.74, 6) is 0.393. The number of aromatic amines is 1. The van der Waals surface area contributed by atoms with E-state index in [1.165, 1.54) is 21.2 Å². The number of benzene rings is 1. The summed E-state index contributed by atoms with van der Waals surface area (Å²) in [6, 6.07) is 9.27. The first-order valence-electron chi connectivity index (χ1n) is 10.8. The predicted octanol–water partition coefficient (Wildman–Crippen LogP) is 2.03. The quantitative estimate of drug-likeness (QED) is 0.333. The van der Waals surface area contributed by atoms with Crippen LogP contribution in [0.5, 0.6) is 0 Å². The molecule has 34 heavy (non-hydrogen) atoms. The molecule has 0 unspecified atom stereocenters. The highest BCUT2D eigenvalue weighted by Crippen LogP contribution is 2.23. The normalized spacial score (nSPS) is 11.1. The van der Waals surface area contributed by atoms with Crippen molar-refractivity contribution in [1.29, 1.82) is 0 Å². The van der Waals surface area contributed by atoms with Crippen LogP contribution in [0.3, 0.4) is 0 Å². The topological polar surface area (TPSA) is 132 Å². The number of aromatic nitrogens is 5. The number of carbonyl (C=O) groups excluding carboxylic acids is 1. The van der Waals surface area contributed by atoms with Gasteiger partial charge in [0.25, 0.3) is 5.56 Å². The molecule has 0 aliphatic heterocycles. The molecular formula is C23H29N7O3S. The number of hydrogen-bond acceptors (Lipinski definition) is 7. The zero-order chi connectivity index (χ0) is 24.8. The van der Waals surface area contributed by atoms with Crippen LogP contribution in [-0.2, 0) is 17.9 Å². The Morgan fingerprint density at radius 1 is 1.24 bits per heavy atom. The number of thioether (sulfide) groups is 1. The van der Waals surface area contributed by atoms with Gasteiger partial charge in [-0.1, -0.05) is 62.0 Å². The van der Waals surface area contributed by atoms with Crippen LogP contribution in [0.2, 0.25) is 0 Å². The number of allylic oxidation sites excluding steroid dienone is 1. The molecule has 0 spiro atoms. The smallest absolute Gasteiger partial charge is 0.330 e. The molecule has 2 heterocycles. The molecule has 0 saturated carbocycles. The van der Waals surface area contributed by atoms with E-state index in [2.05, 4.69) is 21.8 Å². The summed E-state index contributed by atoms with van der Waals surface area (Å²) in [6.07, 6.45) is 1.73. The first-order valence-corrected chi connectivity index (χ1v) is 11.8. The largest absolute Gasteiger partial charge is 0.383 e. The minimum atomic E-state index is -0.698. The van der Waals surface area contributed by atoms with E-state index in [9.17, 15) is 14.4 Å². The van der Waals surface area contributed by atoms with Crippen LogP contribution in [0, 0.1) is 12.8 Å². The average Bonchev–Trinajstić information content (AvgIpc) is 3.14. The number of nitrogens with one attached hydrogen (secondary N) is 1. The van der Waals surface area contributed by atoms with Gasteiger partial charge in [-0.25, -0.2) is 4.79 Å². The zero-order valence-electron chi connectivity index (χ0n) is 19.5. The fraction of sp³-hybridized carbons (Fsp3) is 0.348. The fourth-order valence-corrected chi connectivity index (χ4v) is 4.33. The molecule has 0 fully saturated rings. The van der Waals surface area contributed by atoms with Crippen LogP contribution in [0.15, 0.2) is 57.7 Å². The van der Waals surface area contributed by atoms with Gasteiger partial charge in [0, 0.05) is 13.1 Å². The first kappa shape index (κ1) is 25.0. The molecule has 0 saturated heterocycles. The predicted molar refractivity (Wildman–Crippen MR) is 134 cm³/mol. The highest BCUT2D eigenvalue weighted by atomic mass is 32.2. The van der Waals surface area contributed by atoms with Crippen molar-refractivity contribution in [3.8, 4) is 0 Å². The lowest BCUT2D eigenvalue weighted by Crippen LogP contribution is -2.43. The Bertz CT molecular complexity index is 1280. The van der Waals surface area contributed by atoms with Gasteiger partial charge < -0.3 is 15.2 Å². The monoisotopic (exact) mass is 483 g/mol. The van der Waals surface area contributed by atoms with Crippen molar-refractivity contribution < 1.29 is 4.79 Å². The second-order valence-electron chi connectivity index (χ2n) is 8.18. The summed E-state index contributed by atoms with van der Waals surface area (Å²) in [6.45, 7) is 10.4. The Labute approximate surface area is 201 Å². The van der Waals surface area contributed by atoms with Crippen LogP contribution in [0.1, 0.15) is 25.2 Å². The maximum atomic E-state index is 13.3. The SMILES string of the molecule is C=CCn1c(C)nnc1SCC(=O)N(CC(C)C)c1c(N)n(Cc2ccccc2)c(=O)[nH]c1=O. The van der Waals surface area contributed by atoms with Crippen molar-refractivity contribution in [3.63, 3.8) is 0 Å². The van der Waals surface area contributed by atoms with Gasteiger partial charge in [0.1, 0.15) is 11.6 Å². The Morgan fingerprint density at radius 2 is 1.94 bits per heavy atom. The molecule has 11 heteroatoms. The molecule has 1 aromatic carbocycles. The van der Waals surface area contributed by atoms with Crippen LogP contribution in [-0.4, -0.2) is 42.5 Å². The molecule has 0 aliphatic rings. The van der Waals surface area contributed by atoms with Gasteiger partial charge in [0.2, 0.25) is 5.91 Å². The number of aryl methyl sites for hydroxylation is 1. The molecule has 0 aliphatic carbocycles. The number of anilines is 2. The molecule has 0 atom stereocenters. The van der Waals surface area contributed by atoms with Gasteiger partial charge in [-0.3, -0.25) is 19.1 Å². The van der Waals surface area contributed by atoms with E-state index >= 15 is 0 Å². The minimum absolute atomic E-state index is 0.0126. The van der Waals surface area contributed by atoms with E-state index in [0.717, 1.165) is 5.56 Å². The number of amides is 1. The Kier molecular flexibility index (Phi) is 8.11. The molecular weight excluding hydrogens is 454 g/mol. The first-order chi connectivity index (χ1) is 16.2. The summed E-state index contributed by atoms with van der Waals surface area (Å²) in [5, 5.41) is 8.76. The van der Waals surface area contributed by atoms with Crippen molar-refractivity contribution >= 4 is 29.2 Å². The van der Waals surface area contributed by atoms with Crippen molar-refractivity contribution in [1.82, 2.24) is 24.3 Å².